The Morgan fingerprint density at radius 1 is 1.29 bits per heavy atom. The first kappa shape index (κ1) is 9.45. The molecular formula is C9H12O5. The summed E-state index contributed by atoms with van der Waals surface area (Å²) in [6.45, 7) is 0. The minimum absolute atomic E-state index is 0.256. The van der Waals surface area contributed by atoms with Gasteiger partial charge in [-0.25, -0.2) is 0 Å². The van der Waals surface area contributed by atoms with Crippen LogP contribution in [0.4, 0.5) is 0 Å². The largest absolute Gasteiger partial charge is 0.481 e. The number of carbonyl (C=O) groups excluding carboxylic acids is 1. The Morgan fingerprint density at radius 3 is 2.36 bits per heavy atom. The third-order valence-corrected chi connectivity index (χ3v) is 3.03. The third kappa shape index (κ3) is 1.19. The molecular weight excluding hydrogens is 188 g/mol. The molecule has 5 nitrogen and oxygen atoms in total. The summed E-state index contributed by atoms with van der Waals surface area (Å²) < 4.78 is 9.98. The van der Waals surface area contributed by atoms with Crippen molar-refractivity contribution < 1.29 is 24.2 Å². The highest BCUT2D eigenvalue weighted by atomic mass is 16.5. The van der Waals surface area contributed by atoms with Crippen molar-refractivity contribution in [2.75, 3.05) is 7.11 Å². The van der Waals surface area contributed by atoms with Crippen molar-refractivity contribution >= 4 is 11.9 Å². The molecule has 0 aliphatic carbocycles. The molecule has 78 valence electrons. The number of carbonyl (C=O) groups is 2. The minimum atomic E-state index is -0.965. The highest BCUT2D eigenvalue weighted by Gasteiger charge is 2.56. The van der Waals surface area contributed by atoms with Crippen LogP contribution < -0.4 is 0 Å². The zero-order valence-corrected chi connectivity index (χ0v) is 7.80. The minimum Gasteiger partial charge on any atom is -0.481 e. The van der Waals surface area contributed by atoms with Gasteiger partial charge in [0, 0.05) is 0 Å². The topological polar surface area (TPSA) is 72.8 Å². The molecule has 0 amide bonds. The SMILES string of the molecule is COC(=O)[C@H]1C2CCC(O2)[C@H]1C(=O)O. The quantitative estimate of drug-likeness (QED) is 0.637. The van der Waals surface area contributed by atoms with Crippen molar-refractivity contribution in [1.82, 2.24) is 0 Å². The fourth-order valence-corrected chi connectivity index (χ4v) is 2.43. The number of methoxy groups -OCH3 is 1. The Morgan fingerprint density at radius 2 is 1.86 bits per heavy atom. The summed E-state index contributed by atoms with van der Waals surface area (Å²) in [6.07, 6.45) is 0.929. The number of rotatable bonds is 2. The van der Waals surface area contributed by atoms with E-state index in [-0.39, 0.29) is 12.2 Å². The number of aliphatic carboxylic acids is 1. The summed E-state index contributed by atoms with van der Waals surface area (Å²) in [5.74, 6) is -2.77. The van der Waals surface area contributed by atoms with E-state index in [2.05, 4.69) is 4.74 Å². The summed E-state index contributed by atoms with van der Waals surface area (Å²) in [5.41, 5.74) is 0. The number of esters is 1. The van der Waals surface area contributed by atoms with Gasteiger partial charge in [0.1, 0.15) is 0 Å². The molecule has 0 spiro atoms. The first-order valence-corrected chi connectivity index (χ1v) is 4.61. The second-order valence-electron chi connectivity index (χ2n) is 3.70. The molecule has 2 heterocycles. The van der Waals surface area contributed by atoms with Crippen molar-refractivity contribution in [2.24, 2.45) is 11.8 Å². The van der Waals surface area contributed by atoms with E-state index in [1.807, 2.05) is 0 Å². The number of fused-ring (bicyclic) bond motifs is 2. The molecule has 2 fully saturated rings. The molecule has 0 saturated carbocycles. The second kappa shape index (κ2) is 3.24. The number of hydrogen-bond acceptors (Lipinski definition) is 4. The van der Waals surface area contributed by atoms with Gasteiger partial charge >= 0.3 is 11.9 Å². The van der Waals surface area contributed by atoms with E-state index in [1.54, 1.807) is 0 Å². The van der Waals surface area contributed by atoms with Crippen LogP contribution in [-0.4, -0.2) is 36.4 Å². The lowest BCUT2D eigenvalue weighted by molar-refractivity contribution is -0.156. The molecule has 0 aromatic carbocycles. The first-order valence-electron chi connectivity index (χ1n) is 4.61. The Balaban J connectivity index is 2.21. The maximum atomic E-state index is 11.4. The van der Waals surface area contributed by atoms with Crippen LogP contribution in [0.15, 0.2) is 0 Å². The molecule has 2 saturated heterocycles. The van der Waals surface area contributed by atoms with Gasteiger partial charge in [0.05, 0.1) is 31.2 Å². The number of carboxylic acid groups (broad SMARTS) is 1. The van der Waals surface area contributed by atoms with Crippen LogP contribution >= 0.6 is 0 Å². The van der Waals surface area contributed by atoms with Crippen LogP contribution in [0.2, 0.25) is 0 Å². The average molecular weight is 200 g/mol. The van der Waals surface area contributed by atoms with E-state index < -0.39 is 23.8 Å². The summed E-state index contributed by atoms with van der Waals surface area (Å²) in [7, 11) is 1.27. The predicted octanol–water partition coefficient (Wildman–Crippen LogP) is 0.0376. The van der Waals surface area contributed by atoms with Gasteiger partial charge in [0.2, 0.25) is 0 Å². The van der Waals surface area contributed by atoms with Gasteiger partial charge in [0.15, 0.2) is 0 Å². The van der Waals surface area contributed by atoms with E-state index in [4.69, 9.17) is 9.84 Å². The molecule has 1 N–H and O–H groups in total. The number of carboxylic acids is 1. The molecule has 2 unspecified atom stereocenters. The van der Waals surface area contributed by atoms with Gasteiger partial charge in [-0.1, -0.05) is 0 Å². The molecule has 5 heteroatoms. The fourth-order valence-electron chi connectivity index (χ4n) is 2.43. The molecule has 0 aromatic heterocycles. The lowest BCUT2D eigenvalue weighted by Crippen LogP contribution is -2.38. The first-order chi connectivity index (χ1) is 6.65. The Labute approximate surface area is 81.0 Å². The van der Waals surface area contributed by atoms with E-state index in [9.17, 15) is 9.59 Å². The van der Waals surface area contributed by atoms with Crippen LogP contribution in [0.5, 0.6) is 0 Å². The normalized spacial score (nSPS) is 39.8. The molecule has 2 bridgehead atoms. The van der Waals surface area contributed by atoms with E-state index in [1.165, 1.54) is 7.11 Å². The van der Waals surface area contributed by atoms with Crippen LogP contribution in [0.1, 0.15) is 12.8 Å². The third-order valence-electron chi connectivity index (χ3n) is 3.03. The predicted molar refractivity (Wildman–Crippen MR) is 44.5 cm³/mol. The standard InChI is InChI=1S/C9H12O5/c1-13-9(12)7-5-3-2-4(14-5)6(7)8(10)11/h4-7H,2-3H2,1H3,(H,10,11)/t4?,5?,6-,7+/m1/s1. The summed E-state index contributed by atoms with van der Waals surface area (Å²) in [4.78, 5) is 22.3. The van der Waals surface area contributed by atoms with Gasteiger partial charge in [-0.3, -0.25) is 9.59 Å². The van der Waals surface area contributed by atoms with Crippen molar-refractivity contribution in [3.05, 3.63) is 0 Å². The smallest absolute Gasteiger partial charge is 0.312 e. The van der Waals surface area contributed by atoms with Crippen LogP contribution in [0, 0.1) is 11.8 Å². The summed E-state index contributed by atoms with van der Waals surface area (Å²) >= 11 is 0. The van der Waals surface area contributed by atoms with Crippen molar-refractivity contribution in [3.8, 4) is 0 Å². The highest BCUT2D eigenvalue weighted by Crippen LogP contribution is 2.43. The van der Waals surface area contributed by atoms with Crippen LogP contribution in [0.3, 0.4) is 0 Å². The lowest BCUT2D eigenvalue weighted by atomic mass is 9.79. The van der Waals surface area contributed by atoms with Gasteiger partial charge in [-0.15, -0.1) is 0 Å². The Kier molecular flexibility index (Phi) is 2.19. The summed E-state index contributed by atoms with van der Waals surface area (Å²) in [5, 5.41) is 8.96. The molecule has 4 atom stereocenters. The van der Waals surface area contributed by atoms with E-state index in [0.717, 1.165) is 12.8 Å². The monoisotopic (exact) mass is 200 g/mol. The van der Waals surface area contributed by atoms with Crippen molar-refractivity contribution in [3.63, 3.8) is 0 Å². The molecule has 0 aromatic rings. The highest BCUT2D eigenvalue weighted by molar-refractivity contribution is 5.83. The Bertz CT molecular complexity index is 274. The van der Waals surface area contributed by atoms with Gasteiger partial charge in [0.25, 0.3) is 0 Å². The summed E-state index contributed by atoms with van der Waals surface area (Å²) in [6, 6.07) is 0. The van der Waals surface area contributed by atoms with Gasteiger partial charge in [-0.2, -0.15) is 0 Å². The van der Waals surface area contributed by atoms with E-state index in [0.29, 0.717) is 0 Å². The van der Waals surface area contributed by atoms with Crippen LogP contribution in [-0.2, 0) is 19.1 Å². The maximum absolute atomic E-state index is 11.4. The van der Waals surface area contributed by atoms with Gasteiger partial charge in [-0.05, 0) is 12.8 Å². The Hall–Kier alpha value is -1.10. The van der Waals surface area contributed by atoms with Crippen LogP contribution in [0.25, 0.3) is 0 Å². The zero-order valence-electron chi connectivity index (χ0n) is 7.80. The fraction of sp³-hybridized carbons (Fsp3) is 0.778. The average Bonchev–Trinajstić information content (AvgIpc) is 2.74. The molecule has 14 heavy (non-hydrogen) atoms. The molecule has 2 aliphatic heterocycles. The zero-order chi connectivity index (χ0) is 10.3. The van der Waals surface area contributed by atoms with Gasteiger partial charge < -0.3 is 14.6 Å². The lowest BCUT2D eigenvalue weighted by Gasteiger charge is -2.22. The van der Waals surface area contributed by atoms with Crippen molar-refractivity contribution in [1.29, 1.82) is 0 Å². The maximum Gasteiger partial charge on any atom is 0.312 e. The number of hydrogen-bond donors (Lipinski definition) is 1. The van der Waals surface area contributed by atoms with Crippen molar-refractivity contribution in [2.45, 2.75) is 25.0 Å². The molecule has 2 aliphatic rings. The molecule has 2 rings (SSSR count). The second-order valence-corrected chi connectivity index (χ2v) is 3.70. The number of ether oxygens (including phenoxy) is 2. The van der Waals surface area contributed by atoms with E-state index >= 15 is 0 Å². The molecule has 0 radical (unpaired) electrons.